The fraction of sp³-hybridized carbons (Fsp3) is 0.462. The molecular weight excluding hydrogens is 311 g/mol. The molecule has 1 aromatic rings. The molecule has 1 heterocycles. The SMILES string of the molecule is O=C(c1ccc(OC(F)(F)F)cc1)N1CCOCC1CCl. The number of hydrogen-bond acceptors (Lipinski definition) is 3. The molecule has 0 spiro atoms. The first-order valence-corrected chi connectivity index (χ1v) is 6.74. The van der Waals surface area contributed by atoms with E-state index in [0.29, 0.717) is 19.8 Å². The zero-order chi connectivity index (χ0) is 15.5. The highest BCUT2D eigenvalue weighted by Gasteiger charge is 2.31. The third-order valence-corrected chi connectivity index (χ3v) is 3.36. The van der Waals surface area contributed by atoms with Crippen molar-refractivity contribution in [1.82, 2.24) is 4.90 Å². The number of alkyl halides is 4. The third-order valence-electron chi connectivity index (χ3n) is 3.00. The number of morpholine rings is 1. The predicted molar refractivity (Wildman–Crippen MR) is 69.5 cm³/mol. The number of hydrogen-bond donors (Lipinski definition) is 0. The Kier molecular flexibility index (Phi) is 4.95. The van der Waals surface area contributed by atoms with Gasteiger partial charge in [-0.2, -0.15) is 0 Å². The molecule has 21 heavy (non-hydrogen) atoms. The molecule has 2 rings (SSSR count). The fourth-order valence-corrected chi connectivity index (χ4v) is 2.27. The van der Waals surface area contributed by atoms with Gasteiger partial charge in [0.05, 0.1) is 19.3 Å². The number of ether oxygens (including phenoxy) is 2. The summed E-state index contributed by atoms with van der Waals surface area (Å²) >= 11 is 5.79. The molecule has 1 aliphatic rings. The normalized spacial score (nSPS) is 19.4. The van der Waals surface area contributed by atoms with Crippen molar-refractivity contribution in [2.24, 2.45) is 0 Å². The summed E-state index contributed by atoms with van der Waals surface area (Å²) in [4.78, 5) is 13.9. The molecule has 1 aliphatic heterocycles. The summed E-state index contributed by atoms with van der Waals surface area (Å²) in [7, 11) is 0. The van der Waals surface area contributed by atoms with Gasteiger partial charge in [-0.15, -0.1) is 24.8 Å². The number of amides is 1. The zero-order valence-corrected chi connectivity index (χ0v) is 11.7. The lowest BCUT2D eigenvalue weighted by Crippen LogP contribution is -2.49. The molecule has 1 aromatic carbocycles. The van der Waals surface area contributed by atoms with Crippen LogP contribution in [0.15, 0.2) is 24.3 Å². The summed E-state index contributed by atoms with van der Waals surface area (Å²) in [6.07, 6.45) is -4.75. The molecule has 8 heteroatoms. The van der Waals surface area contributed by atoms with Crippen molar-refractivity contribution in [1.29, 1.82) is 0 Å². The number of benzene rings is 1. The summed E-state index contributed by atoms with van der Waals surface area (Å²) in [6, 6.07) is 4.57. The Balaban J connectivity index is 2.08. The van der Waals surface area contributed by atoms with Crippen LogP contribution in [-0.4, -0.2) is 48.8 Å². The molecule has 0 saturated carbocycles. The van der Waals surface area contributed by atoms with Crippen LogP contribution in [0.3, 0.4) is 0 Å². The van der Waals surface area contributed by atoms with E-state index in [1.165, 1.54) is 12.1 Å². The minimum Gasteiger partial charge on any atom is -0.406 e. The second-order valence-electron chi connectivity index (χ2n) is 4.45. The average Bonchev–Trinajstić information content (AvgIpc) is 2.45. The van der Waals surface area contributed by atoms with Crippen molar-refractivity contribution in [2.75, 3.05) is 25.6 Å². The Labute approximate surface area is 124 Å². The first kappa shape index (κ1) is 15.9. The molecule has 1 unspecified atom stereocenters. The van der Waals surface area contributed by atoms with E-state index in [4.69, 9.17) is 16.3 Å². The van der Waals surface area contributed by atoms with Gasteiger partial charge >= 0.3 is 6.36 Å². The predicted octanol–water partition coefficient (Wildman–Crippen LogP) is 2.67. The molecule has 0 N–H and O–H groups in total. The van der Waals surface area contributed by atoms with E-state index in [-0.39, 0.29) is 29.1 Å². The van der Waals surface area contributed by atoms with E-state index in [0.717, 1.165) is 12.1 Å². The number of carbonyl (C=O) groups is 1. The quantitative estimate of drug-likeness (QED) is 0.803. The molecule has 0 radical (unpaired) electrons. The van der Waals surface area contributed by atoms with Crippen LogP contribution in [-0.2, 0) is 4.74 Å². The Morgan fingerprint density at radius 3 is 2.62 bits per heavy atom. The molecule has 116 valence electrons. The maximum atomic E-state index is 12.3. The van der Waals surface area contributed by atoms with Crippen molar-refractivity contribution < 1.29 is 27.4 Å². The lowest BCUT2D eigenvalue weighted by atomic mass is 10.1. The van der Waals surface area contributed by atoms with Crippen LogP contribution in [0.2, 0.25) is 0 Å². The van der Waals surface area contributed by atoms with Crippen molar-refractivity contribution >= 4 is 17.5 Å². The summed E-state index contributed by atoms with van der Waals surface area (Å²) in [6.45, 7) is 1.16. The van der Waals surface area contributed by atoms with Gasteiger partial charge in [0, 0.05) is 18.0 Å². The van der Waals surface area contributed by atoms with E-state index >= 15 is 0 Å². The first-order chi connectivity index (χ1) is 9.90. The van der Waals surface area contributed by atoms with Crippen molar-refractivity contribution in [3.63, 3.8) is 0 Å². The van der Waals surface area contributed by atoms with E-state index in [2.05, 4.69) is 4.74 Å². The second-order valence-corrected chi connectivity index (χ2v) is 4.76. The Morgan fingerprint density at radius 2 is 2.05 bits per heavy atom. The Hall–Kier alpha value is -1.47. The van der Waals surface area contributed by atoms with Gasteiger partial charge < -0.3 is 14.4 Å². The van der Waals surface area contributed by atoms with Crippen LogP contribution in [0.1, 0.15) is 10.4 Å². The summed E-state index contributed by atoms with van der Waals surface area (Å²) in [5.41, 5.74) is 0.279. The van der Waals surface area contributed by atoms with Crippen molar-refractivity contribution in [2.45, 2.75) is 12.4 Å². The highest BCUT2D eigenvalue weighted by molar-refractivity contribution is 6.18. The Bertz CT molecular complexity index is 492. The number of carbonyl (C=O) groups excluding carboxylic acids is 1. The molecule has 4 nitrogen and oxygen atoms in total. The minimum atomic E-state index is -4.75. The number of halogens is 4. The highest BCUT2D eigenvalue weighted by Crippen LogP contribution is 2.23. The fourth-order valence-electron chi connectivity index (χ4n) is 2.02. The molecule has 1 saturated heterocycles. The molecular formula is C13H13ClF3NO3. The van der Waals surface area contributed by atoms with Crippen LogP contribution in [0, 0.1) is 0 Å². The molecule has 1 fully saturated rings. The topological polar surface area (TPSA) is 38.8 Å². The maximum Gasteiger partial charge on any atom is 0.573 e. The van der Waals surface area contributed by atoms with Gasteiger partial charge in [0.15, 0.2) is 0 Å². The minimum absolute atomic E-state index is 0.237. The lowest BCUT2D eigenvalue weighted by Gasteiger charge is -2.34. The highest BCUT2D eigenvalue weighted by atomic mass is 35.5. The average molecular weight is 324 g/mol. The smallest absolute Gasteiger partial charge is 0.406 e. The van der Waals surface area contributed by atoms with Crippen LogP contribution >= 0.6 is 11.6 Å². The molecule has 1 atom stereocenters. The summed E-state index contributed by atoms with van der Waals surface area (Å²) in [5, 5.41) is 0. The lowest BCUT2D eigenvalue weighted by molar-refractivity contribution is -0.274. The Morgan fingerprint density at radius 1 is 1.38 bits per heavy atom. The number of nitrogens with zero attached hydrogens (tertiary/aromatic N) is 1. The van der Waals surface area contributed by atoms with Crippen LogP contribution in [0.25, 0.3) is 0 Å². The van der Waals surface area contributed by atoms with Gasteiger partial charge in [-0.3, -0.25) is 4.79 Å². The van der Waals surface area contributed by atoms with Crippen LogP contribution in [0.5, 0.6) is 5.75 Å². The van der Waals surface area contributed by atoms with E-state index < -0.39 is 6.36 Å². The molecule has 0 bridgehead atoms. The molecule has 0 aromatic heterocycles. The number of rotatable bonds is 3. The van der Waals surface area contributed by atoms with Gasteiger partial charge in [-0.1, -0.05) is 0 Å². The second kappa shape index (κ2) is 6.53. The van der Waals surface area contributed by atoms with Crippen LogP contribution < -0.4 is 4.74 Å². The van der Waals surface area contributed by atoms with Crippen molar-refractivity contribution in [3.8, 4) is 5.75 Å². The van der Waals surface area contributed by atoms with Gasteiger partial charge in [0.1, 0.15) is 5.75 Å². The standard InChI is InChI=1S/C13H13ClF3NO3/c14-7-10-8-20-6-5-18(10)12(19)9-1-3-11(4-2-9)21-13(15,16)17/h1-4,10H,5-8H2. The summed E-state index contributed by atoms with van der Waals surface area (Å²) < 4.78 is 45.2. The van der Waals surface area contributed by atoms with Gasteiger partial charge in [0.2, 0.25) is 0 Å². The third kappa shape index (κ3) is 4.25. The van der Waals surface area contributed by atoms with Gasteiger partial charge in [0.25, 0.3) is 5.91 Å². The largest absolute Gasteiger partial charge is 0.573 e. The maximum absolute atomic E-state index is 12.3. The van der Waals surface area contributed by atoms with Crippen molar-refractivity contribution in [3.05, 3.63) is 29.8 Å². The van der Waals surface area contributed by atoms with Gasteiger partial charge in [-0.25, -0.2) is 0 Å². The van der Waals surface area contributed by atoms with E-state index in [1.54, 1.807) is 4.90 Å². The summed E-state index contributed by atoms with van der Waals surface area (Å²) in [5.74, 6) is -0.418. The van der Waals surface area contributed by atoms with E-state index in [9.17, 15) is 18.0 Å². The molecule has 1 amide bonds. The molecule has 0 aliphatic carbocycles. The first-order valence-electron chi connectivity index (χ1n) is 6.21. The van der Waals surface area contributed by atoms with E-state index in [1.807, 2.05) is 0 Å². The zero-order valence-electron chi connectivity index (χ0n) is 10.9. The van der Waals surface area contributed by atoms with Crippen LogP contribution in [0.4, 0.5) is 13.2 Å². The monoisotopic (exact) mass is 323 g/mol. The van der Waals surface area contributed by atoms with Gasteiger partial charge in [-0.05, 0) is 24.3 Å².